The number of piperidine rings is 1. The first-order valence-electron chi connectivity index (χ1n) is 6.24. The molecule has 0 saturated carbocycles. The molecule has 1 atom stereocenters. The number of likely N-dealkylation sites (tertiary alicyclic amines) is 1. The zero-order chi connectivity index (χ0) is 13.8. The van der Waals surface area contributed by atoms with E-state index in [1.807, 2.05) is 4.90 Å². The Bertz CT molecular complexity index is 493. The quantitative estimate of drug-likeness (QED) is 0.476. The normalized spacial score (nSPS) is 20.2. The van der Waals surface area contributed by atoms with Crippen LogP contribution in [0, 0.1) is 15.9 Å². The minimum absolute atomic E-state index is 0.215. The molecule has 0 N–H and O–H groups in total. The molecule has 1 unspecified atom stereocenters. The van der Waals surface area contributed by atoms with Crippen LogP contribution < -0.4 is 0 Å². The van der Waals surface area contributed by atoms with Crippen molar-refractivity contribution in [1.82, 2.24) is 4.90 Å². The van der Waals surface area contributed by atoms with Crippen molar-refractivity contribution in [2.24, 2.45) is 0 Å². The van der Waals surface area contributed by atoms with Gasteiger partial charge < -0.3 is 4.79 Å². The summed E-state index contributed by atoms with van der Waals surface area (Å²) in [5, 5.41) is 10.7. The van der Waals surface area contributed by atoms with E-state index in [1.165, 1.54) is 12.1 Å². The van der Waals surface area contributed by atoms with Crippen LogP contribution in [0.25, 0.3) is 0 Å². The third kappa shape index (κ3) is 2.96. The highest BCUT2D eigenvalue weighted by molar-refractivity contribution is 5.57. The van der Waals surface area contributed by atoms with Gasteiger partial charge in [-0.05, 0) is 19.4 Å². The number of halogens is 1. The highest BCUT2D eigenvalue weighted by Gasteiger charge is 2.24. The van der Waals surface area contributed by atoms with Crippen LogP contribution in [0.4, 0.5) is 10.1 Å². The molecule has 0 aliphatic carbocycles. The zero-order valence-electron chi connectivity index (χ0n) is 10.4. The number of hydrogen-bond acceptors (Lipinski definition) is 4. The van der Waals surface area contributed by atoms with E-state index in [2.05, 4.69) is 0 Å². The number of aldehydes is 1. The molecule has 1 saturated heterocycles. The minimum Gasteiger partial charge on any atom is -0.302 e. The Hall–Kier alpha value is -1.82. The Morgan fingerprint density at radius 3 is 2.95 bits per heavy atom. The lowest BCUT2D eigenvalue weighted by Gasteiger charge is -2.32. The molecule has 2 rings (SSSR count). The molecule has 0 spiro atoms. The van der Waals surface area contributed by atoms with Crippen molar-refractivity contribution in [3.8, 4) is 0 Å². The molecule has 1 aliphatic rings. The van der Waals surface area contributed by atoms with Gasteiger partial charge in [0.2, 0.25) is 5.82 Å². The van der Waals surface area contributed by atoms with Gasteiger partial charge in [0.25, 0.3) is 0 Å². The van der Waals surface area contributed by atoms with E-state index in [1.54, 1.807) is 0 Å². The molecule has 0 radical (unpaired) electrons. The third-order valence-corrected chi connectivity index (χ3v) is 3.45. The van der Waals surface area contributed by atoms with Crippen LogP contribution in [-0.4, -0.2) is 28.7 Å². The molecule has 6 heteroatoms. The number of nitrogens with zero attached hydrogens (tertiary/aromatic N) is 2. The summed E-state index contributed by atoms with van der Waals surface area (Å²) in [6.45, 7) is 0.947. The molecule has 0 amide bonds. The van der Waals surface area contributed by atoms with E-state index in [-0.39, 0.29) is 18.2 Å². The van der Waals surface area contributed by atoms with Crippen LogP contribution in [0.5, 0.6) is 0 Å². The van der Waals surface area contributed by atoms with Crippen LogP contribution in [-0.2, 0) is 11.3 Å². The first kappa shape index (κ1) is 13.6. The Morgan fingerprint density at radius 1 is 1.47 bits per heavy atom. The van der Waals surface area contributed by atoms with Gasteiger partial charge in [-0.15, -0.1) is 0 Å². The van der Waals surface area contributed by atoms with Gasteiger partial charge in [-0.25, -0.2) is 0 Å². The standard InChI is InChI=1S/C13H15FN2O3/c14-13-10(4-3-6-12(13)16(18)19)8-15-7-2-1-5-11(15)9-17/h3-4,6,9,11H,1-2,5,7-8H2. The molecule has 1 aromatic rings. The summed E-state index contributed by atoms with van der Waals surface area (Å²) in [6, 6.07) is 3.92. The largest absolute Gasteiger partial charge is 0.305 e. The third-order valence-electron chi connectivity index (χ3n) is 3.45. The summed E-state index contributed by atoms with van der Waals surface area (Å²) >= 11 is 0. The molecular formula is C13H15FN2O3. The van der Waals surface area contributed by atoms with Crippen LogP contribution in [0.1, 0.15) is 24.8 Å². The van der Waals surface area contributed by atoms with Gasteiger partial charge in [-0.2, -0.15) is 4.39 Å². The van der Waals surface area contributed by atoms with Gasteiger partial charge in [-0.1, -0.05) is 18.6 Å². The van der Waals surface area contributed by atoms with Gasteiger partial charge in [0.1, 0.15) is 6.29 Å². The van der Waals surface area contributed by atoms with Gasteiger partial charge in [-0.3, -0.25) is 15.0 Å². The Morgan fingerprint density at radius 2 is 2.26 bits per heavy atom. The summed E-state index contributed by atoms with van der Waals surface area (Å²) in [5.74, 6) is -0.803. The van der Waals surface area contributed by atoms with Crippen molar-refractivity contribution in [3.63, 3.8) is 0 Å². The number of benzene rings is 1. The van der Waals surface area contributed by atoms with Crippen molar-refractivity contribution in [2.75, 3.05) is 6.54 Å². The van der Waals surface area contributed by atoms with Crippen molar-refractivity contribution < 1.29 is 14.1 Å². The maximum atomic E-state index is 14.0. The van der Waals surface area contributed by atoms with Crippen LogP contribution in [0.15, 0.2) is 18.2 Å². The molecule has 1 aromatic carbocycles. The van der Waals surface area contributed by atoms with Crippen LogP contribution in [0.3, 0.4) is 0 Å². The number of nitro groups is 1. The fourth-order valence-corrected chi connectivity index (χ4v) is 2.42. The molecule has 1 fully saturated rings. The highest BCUT2D eigenvalue weighted by atomic mass is 19.1. The van der Waals surface area contributed by atoms with Gasteiger partial charge in [0.15, 0.2) is 0 Å². The maximum Gasteiger partial charge on any atom is 0.305 e. The molecule has 19 heavy (non-hydrogen) atoms. The molecule has 102 valence electrons. The predicted octanol–water partition coefficient (Wildman–Crippen LogP) is 2.29. The zero-order valence-corrected chi connectivity index (χ0v) is 10.4. The van der Waals surface area contributed by atoms with Crippen molar-refractivity contribution in [2.45, 2.75) is 31.8 Å². The fraction of sp³-hybridized carbons (Fsp3) is 0.462. The number of carbonyl (C=O) groups excluding carboxylic acids is 1. The summed E-state index contributed by atoms with van der Waals surface area (Å²) in [5.41, 5.74) is -0.250. The number of hydrogen-bond donors (Lipinski definition) is 0. The molecule has 0 bridgehead atoms. The lowest BCUT2D eigenvalue weighted by atomic mass is 10.0. The second kappa shape index (κ2) is 5.88. The number of nitro benzene ring substituents is 1. The first-order valence-corrected chi connectivity index (χ1v) is 6.24. The number of rotatable bonds is 4. The Balaban J connectivity index is 2.20. The van der Waals surface area contributed by atoms with E-state index < -0.39 is 16.4 Å². The molecule has 1 heterocycles. The summed E-state index contributed by atoms with van der Waals surface area (Å²) in [6.07, 6.45) is 3.58. The lowest BCUT2D eigenvalue weighted by Crippen LogP contribution is -2.40. The lowest BCUT2D eigenvalue weighted by molar-refractivity contribution is -0.387. The van der Waals surface area contributed by atoms with Crippen molar-refractivity contribution >= 4 is 12.0 Å². The van der Waals surface area contributed by atoms with Gasteiger partial charge in [0.05, 0.1) is 11.0 Å². The topological polar surface area (TPSA) is 63.5 Å². The summed E-state index contributed by atoms with van der Waals surface area (Å²) in [7, 11) is 0. The highest BCUT2D eigenvalue weighted by Crippen LogP contribution is 2.24. The first-order chi connectivity index (χ1) is 9.13. The van der Waals surface area contributed by atoms with Crippen molar-refractivity contribution in [1.29, 1.82) is 0 Å². The fourth-order valence-electron chi connectivity index (χ4n) is 2.42. The monoisotopic (exact) mass is 266 g/mol. The van der Waals surface area contributed by atoms with Crippen molar-refractivity contribution in [3.05, 3.63) is 39.7 Å². The predicted molar refractivity (Wildman–Crippen MR) is 67.2 cm³/mol. The second-order valence-electron chi connectivity index (χ2n) is 4.68. The number of carbonyl (C=O) groups is 1. The average Bonchev–Trinajstić information content (AvgIpc) is 2.41. The SMILES string of the molecule is O=CC1CCCCN1Cc1cccc([N+](=O)[O-])c1F. The second-order valence-corrected chi connectivity index (χ2v) is 4.68. The minimum atomic E-state index is -0.803. The smallest absolute Gasteiger partial charge is 0.302 e. The average molecular weight is 266 g/mol. The van der Waals surface area contributed by atoms with E-state index in [0.717, 1.165) is 31.6 Å². The van der Waals surface area contributed by atoms with E-state index in [9.17, 15) is 19.3 Å². The molecule has 0 aromatic heterocycles. The van der Waals surface area contributed by atoms with Crippen LogP contribution >= 0.6 is 0 Å². The van der Waals surface area contributed by atoms with E-state index in [0.29, 0.717) is 6.54 Å². The van der Waals surface area contributed by atoms with Gasteiger partial charge >= 0.3 is 5.69 Å². The molecule has 5 nitrogen and oxygen atoms in total. The Labute approximate surface area is 110 Å². The molecular weight excluding hydrogens is 251 g/mol. The Kier molecular flexibility index (Phi) is 4.21. The van der Waals surface area contributed by atoms with Crippen LogP contribution in [0.2, 0.25) is 0 Å². The summed E-state index contributed by atoms with van der Waals surface area (Å²) < 4.78 is 14.0. The van der Waals surface area contributed by atoms with E-state index >= 15 is 0 Å². The van der Waals surface area contributed by atoms with E-state index in [4.69, 9.17) is 0 Å². The summed E-state index contributed by atoms with van der Waals surface area (Å²) in [4.78, 5) is 22.8. The maximum absolute atomic E-state index is 14.0. The molecule has 1 aliphatic heterocycles. The van der Waals surface area contributed by atoms with Gasteiger partial charge in [0, 0.05) is 18.2 Å².